The minimum atomic E-state index is -1.48. The Labute approximate surface area is 91.5 Å². The molecule has 1 fully saturated rings. The SMILES string of the molecule is N[C@]1(Cl)C(Cl)(Cl)CCC[C@@]1(N)Cl. The monoisotopic (exact) mass is 250 g/mol. The van der Waals surface area contributed by atoms with Gasteiger partial charge in [0.25, 0.3) is 0 Å². The van der Waals surface area contributed by atoms with Crippen LogP contribution in [0.5, 0.6) is 0 Å². The van der Waals surface area contributed by atoms with Crippen LogP contribution in [-0.4, -0.2) is 14.3 Å². The first kappa shape index (κ1) is 11.2. The first-order chi connectivity index (χ1) is 5.21. The fraction of sp³-hybridized carbons (Fsp3) is 1.00. The Hall–Kier alpha value is 1.08. The van der Waals surface area contributed by atoms with E-state index in [9.17, 15) is 0 Å². The number of hydrogen-bond donors (Lipinski definition) is 2. The summed E-state index contributed by atoms with van der Waals surface area (Å²) in [6.45, 7) is 0. The van der Waals surface area contributed by atoms with Gasteiger partial charge >= 0.3 is 0 Å². The highest BCUT2D eigenvalue weighted by molar-refractivity contribution is 6.55. The highest BCUT2D eigenvalue weighted by Gasteiger charge is 2.59. The van der Waals surface area contributed by atoms with Crippen LogP contribution in [0.4, 0.5) is 0 Å². The molecular weight excluding hydrogens is 242 g/mol. The van der Waals surface area contributed by atoms with Crippen molar-refractivity contribution in [3.63, 3.8) is 0 Å². The average molecular weight is 252 g/mol. The van der Waals surface area contributed by atoms with Crippen molar-refractivity contribution in [3.8, 4) is 0 Å². The second-order valence-corrected chi connectivity index (χ2v) is 5.89. The molecule has 0 amide bonds. The van der Waals surface area contributed by atoms with Crippen molar-refractivity contribution in [1.82, 2.24) is 0 Å². The maximum absolute atomic E-state index is 5.91. The van der Waals surface area contributed by atoms with Crippen molar-refractivity contribution < 1.29 is 0 Å². The van der Waals surface area contributed by atoms with Gasteiger partial charge in [-0.3, -0.25) is 0 Å². The van der Waals surface area contributed by atoms with Crippen molar-refractivity contribution in [1.29, 1.82) is 0 Å². The highest BCUT2D eigenvalue weighted by atomic mass is 35.5. The topological polar surface area (TPSA) is 52.0 Å². The second kappa shape index (κ2) is 3.04. The van der Waals surface area contributed by atoms with Crippen LogP contribution >= 0.6 is 46.4 Å². The van der Waals surface area contributed by atoms with E-state index < -0.39 is 14.3 Å². The summed E-state index contributed by atoms with van der Waals surface area (Å²) in [5.41, 5.74) is 11.3. The molecule has 1 aliphatic carbocycles. The summed E-state index contributed by atoms with van der Waals surface area (Å²) in [7, 11) is 0. The summed E-state index contributed by atoms with van der Waals surface area (Å²) >= 11 is 23.6. The number of hydrogen-bond acceptors (Lipinski definition) is 2. The quantitative estimate of drug-likeness (QED) is 0.512. The molecule has 1 rings (SSSR count). The van der Waals surface area contributed by atoms with Gasteiger partial charge in [0, 0.05) is 0 Å². The van der Waals surface area contributed by atoms with Crippen LogP contribution in [0, 0.1) is 0 Å². The van der Waals surface area contributed by atoms with E-state index in [0.29, 0.717) is 12.8 Å². The number of halogens is 4. The lowest BCUT2D eigenvalue weighted by Gasteiger charge is -2.47. The lowest BCUT2D eigenvalue weighted by Crippen LogP contribution is -2.69. The fourth-order valence-electron chi connectivity index (χ4n) is 1.24. The zero-order valence-electron chi connectivity index (χ0n) is 6.29. The third-order valence-electron chi connectivity index (χ3n) is 2.17. The Bertz CT molecular complexity index is 172. The summed E-state index contributed by atoms with van der Waals surface area (Å²) in [5, 5.41) is 0. The maximum atomic E-state index is 5.91. The largest absolute Gasteiger partial charge is 0.310 e. The van der Waals surface area contributed by atoms with E-state index in [-0.39, 0.29) is 0 Å². The van der Waals surface area contributed by atoms with Gasteiger partial charge in [-0.1, -0.05) is 46.4 Å². The Morgan fingerprint density at radius 3 is 1.75 bits per heavy atom. The van der Waals surface area contributed by atoms with Crippen molar-refractivity contribution in [2.75, 3.05) is 0 Å². The van der Waals surface area contributed by atoms with Crippen LogP contribution in [0.1, 0.15) is 19.3 Å². The molecule has 2 atom stereocenters. The van der Waals surface area contributed by atoms with E-state index >= 15 is 0 Å². The summed E-state index contributed by atoms with van der Waals surface area (Å²) < 4.78 is -1.26. The lowest BCUT2D eigenvalue weighted by molar-refractivity contribution is 0.290. The average Bonchev–Trinajstić information content (AvgIpc) is 1.83. The van der Waals surface area contributed by atoms with E-state index in [1.807, 2.05) is 0 Å². The van der Waals surface area contributed by atoms with Crippen LogP contribution in [0.2, 0.25) is 0 Å². The number of nitrogens with two attached hydrogens (primary N) is 2. The molecule has 0 bridgehead atoms. The van der Waals surface area contributed by atoms with Crippen molar-refractivity contribution in [2.24, 2.45) is 11.5 Å². The van der Waals surface area contributed by atoms with Gasteiger partial charge in [0.15, 0.2) is 9.33 Å². The summed E-state index contributed by atoms with van der Waals surface area (Å²) in [6.07, 6.45) is 1.73. The molecule has 0 aliphatic heterocycles. The van der Waals surface area contributed by atoms with Gasteiger partial charge in [-0.2, -0.15) is 0 Å². The molecule has 6 heteroatoms. The molecule has 1 aliphatic rings. The van der Waals surface area contributed by atoms with Crippen LogP contribution in [0.15, 0.2) is 0 Å². The first-order valence-corrected chi connectivity index (χ1v) is 5.05. The van der Waals surface area contributed by atoms with Gasteiger partial charge in [-0.05, 0) is 19.3 Å². The highest BCUT2D eigenvalue weighted by Crippen LogP contribution is 2.51. The lowest BCUT2D eigenvalue weighted by atomic mass is 9.89. The van der Waals surface area contributed by atoms with Crippen LogP contribution in [-0.2, 0) is 0 Å². The number of rotatable bonds is 0. The smallest absolute Gasteiger partial charge is 0.156 e. The van der Waals surface area contributed by atoms with Crippen molar-refractivity contribution in [3.05, 3.63) is 0 Å². The van der Waals surface area contributed by atoms with Crippen molar-refractivity contribution >= 4 is 46.4 Å². The normalized spacial score (nSPS) is 47.5. The summed E-state index contributed by atoms with van der Waals surface area (Å²) in [6, 6.07) is 0. The molecule has 0 aromatic carbocycles. The molecule has 4 N–H and O–H groups in total. The van der Waals surface area contributed by atoms with Gasteiger partial charge in [0.2, 0.25) is 0 Å². The van der Waals surface area contributed by atoms with Crippen LogP contribution in [0.25, 0.3) is 0 Å². The molecule has 0 radical (unpaired) electrons. The molecule has 0 unspecified atom stereocenters. The van der Waals surface area contributed by atoms with Gasteiger partial charge in [-0.15, -0.1) is 0 Å². The van der Waals surface area contributed by atoms with Gasteiger partial charge in [0.05, 0.1) is 0 Å². The van der Waals surface area contributed by atoms with E-state index in [2.05, 4.69) is 0 Å². The van der Waals surface area contributed by atoms with Crippen LogP contribution in [0.3, 0.4) is 0 Å². The zero-order chi connectivity index (χ0) is 9.62. The van der Waals surface area contributed by atoms with E-state index in [4.69, 9.17) is 57.9 Å². The summed E-state index contributed by atoms with van der Waals surface area (Å²) in [5.74, 6) is 0. The van der Waals surface area contributed by atoms with E-state index in [1.165, 1.54) is 0 Å². The minimum Gasteiger partial charge on any atom is -0.310 e. The van der Waals surface area contributed by atoms with Gasteiger partial charge in [-0.25, -0.2) is 0 Å². The molecule has 0 saturated heterocycles. The Morgan fingerprint density at radius 2 is 1.42 bits per heavy atom. The first-order valence-electron chi connectivity index (χ1n) is 3.54. The van der Waals surface area contributed by atoms with Crippen LogP contribution < -0.4 is 11.5 Å². The Balaban J connectivity index is 2.99. The third-order valence-corrected chi connectivity index (χ3v) is 4.58. The number of alkyl halides is 4. The molecule has 0 heterocycles. The van der Waals surface area contributed by atoms with Crippen molar-refractivity contribution in [2.45, 2.75) is 33.6 Å². The summed E-state index contributed by atoms with van der Waals surface area (Å²) in [4.78, 5) is -2.72. The Morgan fingerprint density at radius 1 is 0.917 bits per heavy atom. The molecule has 1 saturated carbocycles. The predicted molar refractivity (Wildman–Crippen MR) is 53.8 cm³/mol. The third kappa shape index (κ3) is 1.54. The molecule has 2 nitrogen and oxygen atoms in total. The Kier molecular flexibility index (Phi) is 2.83. The predicted octanol–water partition coefficient (Wildman–Crippen LogP) is 2.13. The molecule has 12 heavy (non-hydrogen) atoms. The van der Waals surface area contributed by atoms with E-state index in [0.717, 1.165) is 6.42 Å². The van der Waals surface area contributed by atoms with E-state index in [1.54, 1.807) is 0 Å². The standard InChI is InChI=1S/C6H10Cl4N2/c7-4(8)2-1-3-5(9,11)6(4,10)12/h1-3,11-12H2/t5-,6+/m0/s1. The van der Waals surface area contributed by atoms with Gasteiger partial charge in [0.1, 0.15) is 5.00 Å². The minimum absolute atomic E-state index is 0.502. The van der Waals surface area contributed by atoms with Gasteiger partial charge < -0.3 is 11.5 Å². The molecule has 72 valence electrons. The molecule has 0 aromatic rings. The molecule has 0 spiro atoms. The molecular formula is C6H10Cl4N2. The fourth-order valence-corrected chi connectivity index (χ4v) is 2.42. The maximum Gasteiger partial charge on any atom is 0.156 e. The molecule has 0 aromatic heterocycles. The second-order valence-electron chi connectivity index (χ2n) is 3.13. The zero-order valence-corrected chi connectivity index (χ0v) is 9.31.